The normalized spacial score (nSPS) is 26.2. The predicted octanol–water partition coefficient (Wildman–Crippen LogP) is 2.10. The highest BCUT2D eigenvalue weighted by molar-refractivity contribution is 5.86. The van der Waals surface area contributed by atoms with E-state index < -0.39 is 17.5 Å². The molecule has 2 aliphatic heterocycles. The summed E-state index contributed by atoms with van der Waals surface area (Å²) in [6.45, 7) is 7.29. The number of carbonyl (C=O) groups excluding carboxylic acids is 2. The Balaban J connectivity index is 2.27. The molecule has 0 spiro atoms. The first kappa shape index (κ1) is 18.5. The number of amides is 2. The van der Waals surface area contributed by atoms with Gasteiger partial charge in [0.1, 0.15) is 6.54 Å². The maximum absolute atomic E-state index is 12.9. The van der Waals surface area contributed by atoms with Crippen molar-refractivity contribution in [2.24, 2.45) is 5.41 Å². The molecular formula is C17H28N2O5. The number of carbonyl (C=O) groups is 3. The third-order valence-corrected chi connectivity index (χ3v) is 4.91. The second-order valence-electron chi connectivity index (χ2n) is 7.62. The lowest BCUT2D eigenvalue weighted by atomic mass is 9.90. The van der Waals surface area contributed by atoms with E-state index in [1.807, 2.05) is 20.8 Å². The zero-order valence-electron chi connectivity index (χ0n) is 14.9. The average Bonchev–Trinajstić information content (AvgIpc) is 2.79. The van der Waals surface area contributed by atoms with E-state index in [9.17, 15) is 19.5 Å². The lowest BCUT2D eigenvalue weighted by Crippen LogP contribution is -2.59. The molecule has 7 heteroatoms. The molecule has 0 aromatic heterocycles. The highest BCUT2D eigenvalue weighted by Crippen LogP contribution is 2.39. The summed E-state index contributed by atoms with van der Waals surface area (Å²) in [5.74, 6) is -0.590. The van der Waals surface area contributed by atoms with Crippen LogP contribution in [0.1, 0.15) is 53.4 Å². The molecule has 24 heavy (non-hydrogen) atoms. The fourth-order valence-corrected chi connectivity index (χ4v) is 3.91. The van der Waals surface area contributed by atoms with Gasteiger partial charge >= 0.3 is 12.1 Å². The Kier molecular flexibility index (Phi) is 5.40. The number of esters is 1. The van der Waals surface area contributed by atoms with Gasteiger partial charge in [-0.2, -0.15) is 0 Å². The van der Waals surface area contributed by atoms with Crippen LogP contribution in [0.15, 0.2) is 0 Å². The van der Waals surface area contributed by atoms with Crippen LogP contribution in [0, 0.1) is 5.41 Å². The van der Waals surface area contributed by atoms with E-state index in [1.54, 1.807) is 11.8 Å². The molecule has 2 rings (SSSR count). The summed E-state index contributed by atoms with van der Waals surface area (Å²) in [7, 11) is 0. The molecule has 7 nitrogen and oxygen atoms in total. The van der Waals surface area contributed by atoms with Gasteiger partial charge in [-0.3, -0.25) is 9.59 Å². The van der Waals surface area contributed by atoms with E-state index in [4.69, 9.17) is 4.74 Å². The standard InChI is InChI=1S/C17H28N2O5/c1-5-24-14(20)10-18(15(21)17(2,3)4)12-8-6-11-7-9-13(12)19(11)16(22)23/h11-13H,5-10H2,1-4H3,(H,22,23). The monoisotopic (exact) mass is 340 g/mol. The van der Waals surface area contributed by atoms with Crippen LogP contribution in [0.2, 0.25) is 0 Å². The van der Waals surface area contributed by atoms with Crippen LogP contribution in [0.3, 0.4) is 0 Å². The van der Waals surface area contributed by atoms with Crippen molar-refractivity contribution in [3.8, 4) is 0 Å². The molecule has 1 N–H and O–H groups in total. The zero-order valence-corrected chi connectivity index (χ0v) is 14.9. The maximum Gasteiger partial charge on any atom is 0.407 e. The van der Waals surface area contributed by atoms with Crippen molar-refractivity contribution < 1.29 is 24.2 Å². The van der Waals surface area contributed by atoms with E-state index in [-0.39, 0.29) is 37.2 Å². The topological polar surface area (TPSA) is 87.2 Å². The number of carboxylic acid groups (broad SMARTS) is 1. The summed E-state index contributed by atoms with van der Waals surface area (Å²) in [4.78, 5) is 39.6. The molecule has 3 unspecified atom stereocenters. The number of rotatable bonds is 4. The Hall–Kier alpha value is -1.79. The summed E-state index contributed by atoms with van der Waals surface area (Å²) >= 11 is 0. The number of fused-ring (bicyclic) bond motifs is 2. The predicted molar refractivity (Wildman–Crippen MR) is 87.5 cm³/mol. The summed E-state index contributed by atoms with van der Waals surface area (Å²) in [6.07, 6.45) is 2.07. The van der Waals surface area contributed by atoms with E-state index in [2.05, 4.69) is 0 Å². The molecule has 2 amide bonds. The molecule has 136 valence electrons. The molecule has 0 saturated carbocycles. The van der Waals surface area contributed by atoms with Gasteiger partial charge in [0.05, 0.1) is 18.7 Å². The number of piperidine rings is 1. The zero-order chi connectivity index (χ0) is 18.1. The molecule has 2 bridgehead atoms. The van der Waals surface area contributed by atoms with Crippen LogP contribution in [-0.4, -0.2) is 64.2 Å². The van der Waals surface area contributed by atoms with Crippen molar-refractivity contribution in [3.63, 3.8) is 0 Å². The van der Waals surface area contributed by atoms with Crippen molar-refractivity contribution >= 4 is 18.0 Å². The van der Waals surface area contributed by atoms with Gasteiger partial charge in [-0.25, -0.2) is 4.79 Å². The minimum absolute atomic E-state index is 0.0398. The SMILES string of the molecule is CCOC(=O)CN(C(=O)C(C)(C)C)C1CCC2CCC1N2C(=O)O. The van der Waals surface area contributed by atoms with Crippen molar-refractivity contribution in [3.05, 3.63) is 0 Å². The van der Waals surface area contributed by atoms with Crippen molar-refractivity contribution in [2.75, 3.05) is 13.2 Å². The fraction of sp³-hybridized carbons (Fsp3) is 0.824. The minimum atomic E-state index is -0.938. The van der Waals surface area contributed by atoms with Crippen molar-refractivity contribution in [2.45, 2.75) is 71.5 Å². The lowest BCUT2D eigenvalue weighted by Gasteiger charge is -2.44. The smallest absolute Gasteiger partial charge is 0.407 e. The summed E-state index contributed by atoms with van der Waals surface area (Å²) < 4.78 is 5.02. The number of ether oxygens (including phenoxy) is 1. The van der Waals surface area contributed by atoms with E-state index in [1.165, 1.54) is 4.90 Å². The Morgan fingerprint density at radius 3 is 2.33 bits per heavy atom. The second-order valence-corrected chi connectivity index (χ2v) is 7.62. The first-order valence-corrected chi connectivity index (χ1v) is 8.64. The average molecular weight is 340 g/mol. The van der Waals surface area contributed by atoms with E-state index >= 15 is 0 Å². The van der Waals surface area contributed by atoms with Crippen molar-refractivity contribution in [1.29, 1.82) is 0 Å². The largest absolute Gasteiger partial charge is 0.465 e. The van der Waals surface area contributed by atoms with Gasteiger partial charge in [0, 0.05) is 11.5 Å². The molecule has 2 aliphatic rings. The molecule has 2 fully saturated rings. The van der Waals surface area contributed by atoms with Gasteiger partial charge in [0.2, 0.25) is 5.91 Å². The first-order valence-electron chi connectivity index (χ1n) is 8.64. The van der Waals surface area contributed by atoms with Crippen LogP contribution in [0.25, 0.3) is 0 Å². The minimum Gasteiger partial charge on any atom is -0.465 e. The van der Waals surface area contributed by atoms with Crippen LogP contribution in [-0.2, 0) is 14.3 Å². The van der Waals surface area contributed by atoms with Crippen LogP contribution < -0.4 is 0 Å². The molecular weight excluding hydrogens is 312 g/mol. The molecule has 3 atom stereocenters. The Morgan fingerprint density at radius 2 is 1.79 bits per heavy atom. The Bertz CT molecular complexity index is 514. The first-order chi connectivity index (χ1) is 11.2. The molecule has 0 aromatic rings. The van der Waals surface area contributed by atoms with Crippen LogP contribution in [0.5, 0.6) is 0 Å². The highest BCUT2D eigenvalue weighted by atomic mass is 16.5. The van der Waals surface area contributed by atoms with Gasteiger partial charge in [-0.05, 0) is 32.6 Å². The third kappa shape index (κ3) is 3.65. The Morgan fingerprint density at radius 1 is 1.17 bits per heavy atom. The Labute approximate surface area is 142 Å². The molecule has 0 aromatic carbocycles. The number of nitrogens with zero attached hydrogens (tertiary/aromatic N) is 2. The summed E-state index contributed by atoms with van der Waals surface area (Å²) in [5, 5.41) is 9.51. The highest BCUT2D eigenvalue weighted by Gasteiger charge is 2.49. The quantitative estimate of drug-likeness (QED) is 0.792. The van der Waals surface area contributed by atoms with Gasteiger partial charge in [-0.15, -0.1) is 0 Å². The van der Waals surface area contributed by atoms with Crippen LogP contribution in [0.4, 0.5) is 4.79 Å². The summed E-state index contributed by atoms with van der Waals surface area (Å²) in [5.41, 5.74) is -0.643. The molecule has 2 heterocycles. The van der Waals surface area contributed by atoms with E-state index in [0.29, 0.717) is 0 Å². The van der Waals surface area contributed by atoms with Gasteiger partial charge in [0.25, 0.3) is 0 Å². The molecule has 0 radical (unpaired) electrons. The van der Waals surface area contributed by atoms with Crippen molar-refractivity contribution in [1.82, 2.24) is 9.80 Å². The number of hydrogen-bond acceptors (Lipinski definition) is 4. The molecule has 2 saturated heterocycles. The second kappa shape index (κ2) is 6.99. The molecule has 0 aliphatic carbocycles. The van der Waals surface area contributed by atoms with Gasteiger partial charge in [-0.1, -0.05) is 20.8 Å². The fourth-order valence-electron chi connectivity index (χ4n) is 3.91. The lowest BCUT2D eigenvalue weighted by molar-refractivity contribution is -0.155. The van der Waals surface area contributed by atoms with Gasteiger partial charge in [0.15, 0.2) is 0 Å². The van der Waals surface area contributed by atoms with E-state index in [0.717, 1.165) is 25.7 Å². The third-order valence-electron chi connectivity index (χ3n) is 4.91. The number of hydrogen-bond donors (Lipinski definition) is 1. The van der Waals surface area contributed by atoms with Crippen LogP contribution >= 0.6 is 0 Å². The van der Waals surface area contributed by atoms with Gasteiger partial charge < -0.3 is 19.6 Å². The maximum atomic E-state index is 12.9. The summed E-state index contributed by atoms with van der Waals surface area (Å²) in [6, 6.07) is -0.462.